The van der Waals surface area contributed by atoms with Gasteiger partial charge < -0.3 is 13.9 Å². The third kappa shape index (κ3) is 3.13. The first-order valence-corrected chi connectivity index (χ1v) is 9.95. The van der Waals surface area contributed by atoms with E-state index in [0.29, 0.717) is 36.2 Å². The van der Waals surface area contributed by atoms with Gasteiger partial charge in [0, 0.05) is 12.1 Å². The van der Waals surface area contributed by atoms with Crippen molar-refractivity contribution in [3.05, 3.63) is 36.1 Å². The molecule has 0 amide bonds. The Morgan fingerprint density at radius 2 is 1.81 bits per heavy atom. The minimum Gasteiger partial charge on any atom is -0.486 e. The Labute approximate surface area is 151 Å². The number of sulfonamides is 1. The van der Waals surface area contributed by atoms with Crippen LogP contribution in [0.2, 0.25) is 0 Å². The van der Waals surface area contributed by atoms with Crippen LogP contribution in [0.4, 0.5) is 5.69 Å². The van der Waals surface area contributed by atoms with Crippen LogP contribution < -0.4 is 25.0 Å². The minimum absolute atomic E-state index is 0.0803. The summed E-state index contributed by atoms with van der Waals surface area (Å²) in [7, 11) is -3.84. The van der Waals surface area contributed by atoms with Crippen molar-refractivity contribution in [3.8, 4) is 11.5 Å². The Balaban J connectivity index is 1.54. The van der Waals surface area contributed by atoms with Crippen molar-refractivity contribution in [1.29, 1.82) is 0 Å². The standard InChI is InChI=1S/C17H21N3O5S/c1-10-11(2)18-19-17(10)14-5-6-16(25-14)26(21,22)20-12-3-4-13-15(9-12)24-8-7-23-13/h3-6,9-11,17-20H,7-8H2,1-2H3. The number of ether oxygens (including phenoxy) is 2. The Morgan fingerprint density at radius 1 is 1.04 bits per heavy atom. The van der Waals surface area contributed by atoms with Gasteiger partial charge in [-0.15, -0.1) is 0 Å². The van der Waals surface area contributed by atoms with Crippen molar-refractivity contribution in [3.63, 3.8) is 0 Å². The molecule has 2 aliphatic rings. The summed E-state index contributed by atoms with van der Waals surface area (Å²) in [6.45, 7) is 5.05. The first-order valence-electron chi connectivity index (χ1n) is 8.47. The maximum atomic E-state index is 12.6. The van der Waals surface area contributed by atoms with Crippen LogP contribution in [0.1, 0.15) is 25.6 Å². The smallest absolute Gasteiger partial charge is 0.295 e. The molecule has 3 heterocycles. The first kappa shape index (κ1) is 17.2. The molecule has 2 aromatic rings. The zero-order valence-electron chi connectivity index (χ0n) is 14.5. The van der Waals surface area contributed by atoms with Gasteiger partial charge in [0.05, 0.1) is 11.7 Å². The monoisotopic (exact) mass is 379 g/mol. The number of benzene rings is 1. The fourth-order valence-corrected chi connectivity index (χ4v) is 4.05. The quantitative estimate of drug-likeness (QED) is 0.747. The van der Waals surface area contributed by atoms with E-state index in [1.54, 1.807) is 24.3 Å². The van der Waals surface area contributed by atoms with Crippen molar-refractivity contribution in [2.45, 2.75) is 31.0 Å². The lowest BCUT2D eigenvalue weighted by Crippen LogP contribution is -2.29. The molecule has 0 aliphatic carbocycles. The normalized spacial score (nSPS) is 25.2. The van der Waals surface area contributed by atoms with Crippen LogP contribution >= 0.6 is 0 Å². The zero-order chi connectivity index (χ0) is 18.3. The summed E-state index contributed by atoms with van der Waals surface area (Å²) in [5.74, 6) is 1.96. The molecule has 8 nitrogen and oxygen atoms in total. The number of hydrazine groups is 1. The van der Waals surface area contributed by atoms with Crippen molar-refractivity contribution in [2.75, 3.05) is 17.9 Å². The van der Waals surface area contributed by atoms with Crippen LogP contribution in [0.25, 0.3) is 0 Å². The molecule has 1 aromatic carbocycles. The molecule has 3 unspecified atom stereocenters. The van der Waals surface area contributed by atoms with Gasteiger partial charge in [0.1, 0.15) is 19.0 Å². The van der Waals surface area contributed by atoms with Gasteiger partial charge in [-0.1, -0.05) is 6.92 Å². The van der Waals surface area contributed by atoms with E-state index in [1.807, 2.05) is 0 Å². The summed E-state index contributed by atoms with van der Waals surface area (Å²) in [5.41, 5.74) is 6.65. The second-order valence-electron chi connectivity index (χ2n) is 6.53. The maximum absolute atomic E-state index is 12.6. The van der Waals surface area contributed by atoms with Gasteiger partial charge in [-0.05, 0) is 37.1 Å². The number of anilines is 1. The number of furan rings is 1. The van der Waals surface area contributed by atoms with Crippen LogP contribution in [-0.4, -0.2) is 27.7 Å². The molecule has 9 heteroatoms. The lowest BCUT2D eigenvalue weighted by Gasteiger charge is -2.19. The number of hydrogen-bond donors (Lipinski definition) is 3. The Bertz CT molecular complexity index is 911. The third-order valence-electron chi connectivity index (χ3n) is 4.75. The Hall–Kier alpha value is -2.23. The van der Waals surface area contributed by atoms with E-state index in [0.717, 1.165) is 0 Å². The highest BCUT2D eigenvalue weighted by molar-refractivity contribution is 7.92. The lowest BCUT2D eigenvalue weighted by molar-refractivity contribution is 0.171. The van der Waals surface area contributed by atoms with E-state index < -0.39 is 10.0 Å². The molecular weight excluding hydrogens is 358 g/mol. The average molecular weight is 379 g/mol. The van der Waals surface area contributed by atoms with E-state index in [4.69, 9.17) is 13.9 Å². The van der Waals surface area contributed by atoms with Gasteiger partial charge in [0.2, 0.25) is 5.09 Å². The lowest BCUT2D eigenvalue weighted by atomic mass is 9.96. The van der Waals surface area contributed by atoms with Gasteiger partial charge in [-0.25, -0.2) is 5.43 Å². The van der Waals surface area contributed by atoms with Gasteiger partial charge in [-0.3, -0.25) is 10.1 Å². The highest BCUT2D eigenvalue weighted by atomic mass is 32.2. The second kappa shape index (κ2) is 6.49. The van der Waals surface area contributed by atoms with Crippen molar-refractivity contribution >= 4 is 15.7 Å². The zero-order valence-corrected chi connectivity index (χ0v) is 15.3. The molecule has 1 aromatic heterocycles. The number of rotatable bonds is 4. The highest BCUT2D eigenvalue weighted by Crippen LogP contribution is 2.34. The summed E-state index contributed by atoms with van der Waals surface area (Å²) >= 11 is 0. The van der Waals surface area contributed by atoms with Gasteiger partial charge in [-0.2, -0.15) is 8.42 Å². The molecule has 140 valence electrons. The van der Waals surface area contributed by atoms with Crippen LogP contribution in [0.5, 0.6) is 11.5 Å². The van der Waals surface area contributed by atoms with Crippen LogP contribution in [0, 0.1) is 5.92 Å². The number of fused-ring (bicyclic) bond motifs is 1. The van der Waals surface area contributed by atoms with Gasteiger partial charge in [0.25, 0.3) is 10.0 Å². The molecule has 0 bridgehead atoms. The fraction of sp³-hybridized carbons (Fsp3) is 0.412. The number of nitrogens with one attached hydrogen (secondary N) is 3. The SMILES string of the molecule is CC1NNC(c2ccc(S(=O)(=O)Nc3ccc4c(c3)OCCO4)o2)C1C. The van der Waals surface area contributed by atoms with E-state index in [2.05, 4.69) is 29.4 Å². The van der Waals surface area contributed by atoms with Gasteiger partial charge in [0.15, 0.2) is 11.5 Å². The topological polar surface area (TPSA) is 102 Å². The molecule has 3 N–H and O–H groups in total. The fourth-order valence-electron chi connectivity index (χ4n) is 3.06. The molecular formula is C17H21N3O5S. The van der Waals surface area contributed by atoms with Crippen molar-refractivity contribution < 1.29 is 22.3 Å². The summed E-state index contributed by atoms with van der Waals surface area (Å²) < 4.78 is 44.3. The van der Waals surface area contributed by atoms with Crippen LogP contribution in [0.15, 0.2) is 39.8 Å². The van der Waals surface area contributed by atoms with E-state index in [9.17, 15) is 8.42 Å². The molecule has 26 heavy (non-hydrogen) atoms. The summed E-state index contributed by atoms with van der Waals surface area (Å²) in [5, 5.41) is -0.129. The summed E-state index contributed by atoms with van der Waals surface area (Å²) in [6, 6.07) is 8.24. The average Bonchev–Trinajstić information content (AvgIpc) is 3.23. The third-order valence-corrected chi connectivity index (χ3v) is 6.00. The minimum atomic E-state index is -3.84. The largest absolute Gasteiger partial charge is 0.486 e. The predicted octanol–water partition coefficient (Wildman–Crippen LogP) is 2.03. The molecule has 4 rings (SSSR count). The van der Waals surface area contributed by atoms with Crippen molar-refractivity contribution in [1.82, 2.24) is 10.9 Å². The van der Waals surface area contributed by atoms with E-state index >= 15 is 0 Å². The summed E-state index contributed by atoms with van der Waals surface area (Å²) in [4.78, 5) is 0. The highest BCUT2D eigenvalue weighted by Gasteiger charge is 2.33. The van der Waals surface area contributed by atoms with Crippen molar-refractivity contribution in [2.24, 2.45) is 5.92 Å². The van der Waals surface area contributed by atoms with E-state index in [-0.39, 0.29) is 23.1 Å². The molecule has 0 saturated carbocycles. The van der Waals surface area contributed by atoms with Crippen LogP contribution in [-0.2, 0) is 10.0 Å². The molecule has 1 saturated heterocycles. The van der Waals surface area contributed by atoms with E-state index in [1.165, 1.54) is 6.07 Å². The van der Waals surface area contributed by atoms with Gasteiger partial charge >= 0.3 is 0 Å². The molecule has 0 spiro atoms. The first-order chi connectivity index (χ1) is 12.4. The molecule has 1 fully saturated rings. The predicted molar refractivity (Wildman–Crippen MR) is 94.6 cm³/mol. The Kier molecular flexibility index (Phi) is 4.29. The molecule has 0 radical (unpaired) electrons. The second-order valence-corrected chi connectivity index (χ2v) is 8.15. The molecule has 2 aliphatic heterocycles. The molecule has 3 atom stereocenters. The number of hydrogen-bond acceptors (Lipinski definition) is 7. The maximum Gasteiger partial charge on any atom is 0.295 e. The summed E-state index contributed by atoms with van der Waals surface area (Å²) in [6.07, 6.45) is 0. The van der Waals surface area contributed by atoms with Crippen LogP contribution in [0.3, 0.4) is 0 Å². The Morgan fingerprint density at radius 3 is 2.54 bits per heavy atom.